The van der Waals surface area contributed by atoms with Crippen molar-refractivity contribution in [1.29, 1.82) is 0 Å². The summed E-state index contributed by atoms with van der Waals surface area (Å²) in [6.07, 6.45) is 0. The van der Waals surface area contributed by atoms with Gasteiger partial charge in [0, 0.05) is 75.9 Å². The fraction of sp³-hybridized carbons (Fsp3) is 0. The number of hydrogen-bond acceptors (Lipinski definition) is 1. The zero-order valence-electron chi connectivity index (χ0n) is 18.0. The van der Waals surface area contributed by atoms with Crippen LogP contribution in [0.3, 0.4) is 0 Å². The van der Waals surface area contributed by atoms with Crippen molar-refractivity contribution in [3.63, 3.8) is 0 Å². The molecule has 0 fully saturated rings. The maximum atomic E-state index is 6.89. The smallest absolute Gasteiger partial charge is 0.150 e. The van der Waals surface area contributed by atoms with Crippen LogP contribution in [0.4, 0.5) is 0 Å². The van der Waals surface area contributed by atoms with Crippen LogP contribution in [-0.4, -0.2) is 0 Å². The van der Waals surface area contributed by atoms with Crippen molar-refractivity contribution in [2.24, 2.45) is 0 Å². The first-order valence-electron chi connectivity index (χ1n) is 9.88. The van der Waals surface area contributed by atoms with E-state index in [1.54, 1.807) is 0 Å². The normalized spacial score (nSPS) is 11.3. The third-order valence-electron chi connectivity index (χ3n) is 5.26. The van der Waals surface area contributed by atoms with E-state index >= 15 is 0 Å². The van der Waals surface area contributed by atoms with Gasteiger partial charge in [0.2, 0.25) is 0 Å². The first kappa shape index (κ1) is 35.3. The molecule has 0 aromatic heterocycles. The highest BCUT2D eigenvalue weighted by molar-refractivity contribution is 9.16. The molecular formula is C24H4Br14O. The molecule has 0 aliphatic carbocycles. The molecule has 4 aromatic rings. The topological polar surface area (TPSA) is 9.23 Å². The molecule has 0 spiro atoms. The van der Waals surface area contributed by atoms with Gasteiger partial charge in [0.15, 0.2) is 11.5 Å². The van der Waals surface area contributed by atoms with Crippen molar-refractivity contribution in [2.45, 2.75) is 0 Å². The molecule has 204 valence electrons. The third-order valence-corrected chi connectivity index (χ3v) is 21.4. The van der Waals surface area contributed by atoms with E-state index in [4.69, 9.17) is 4.74 Å². The molecule has 0 unspecified atom stereocenters. The van der Waals surface area contributed by atoms with Crippen LogP contribution in [0.25, 0.3) is 22.3 Å². The number of rotatable bonds is 4. The number of hydrogen-bond donors (Lipinski definition) is 0. The highest BCUT2D eigenvalue weighted by Gasteiger charge is 2.27. The fourth-order valence-electron chi connectivity index (χ4n) is 3.44. The lowest BCUT2D eigenvalue weighted by Crippen LogP contribution is -1.98. The number of halogens is 14. The molecule has 4 rings (SSSR count). The minimum absolute atomic E-state index is 0.606. The van der Waals surface area contributed by atoms with Gasteiger partial charge in [-0.25, -0.2) is 0 Å². The summed E-state index contributed by atoms with van der Waals surface area (Å²) in [5, 5.41) is 0. The van der Waals surface area contributed by atoms with E-state index in [1.165, 1.54) is 0 Å². The summed E-state index contributed by atoms with van der Waals surface area (Å²) in [4.78, 5) is 0. The lowest BCUT2D eigenvalue weighted by molar-refractivity contribution is 0.479. The Morgan fingerprint density at radius 2 is 0.564 bits per heavy atom. The van der Waals surface area contributed by atoms with Gasteiger partial charge in [-0.3, -0.25) is 0 Å². The maximum absolute atomic E-state index is 6.89. The molecule has 0 N–H and O–H groups in total. The van der Waals surface area contributed by atoms with Gasteiger partial charge in [0.1, 0.15) is 0 Å². The average molecular weight is 1430 g/mol. The van der Waals surface area contributed by atoms with Gasteiger partial charge in [0.25, 0.3) is 0 Å². The van der Waals surface area contributed by atoms with Crippen LogP contribution in [0, 0.1) is 0 Å². The van der Waals surface area contributed by atoms with Gasteiger partial charge in [0.05, 0.1) is 8.95 Å². The highest BCUT2D eigenvalue weighted by Crippen LogP contribution is 2.56. The summed E-state index contributed by atoms with van der Waals surface area (Å²) in [5.41, 5.74) is 3.47. The summed E-state index contributed by atoms with van der Waals surface area (Å²) in [7, 11) is 0. The van der Waals surface area contributed by atoms with Crippen molar-refractivity contribution in [1.82, 2.24) is 0 Å². The predicted octanol–water partition coefficient (Wildman–Crippen LogP) is 17.5. The summed E-state index contributed by atoms with van der Waals surface area (Å²) in [6.45, 7) is 0. The first-order valence-corrected chi connectivity index (χ1v) is 21.0. The van der Waals surface area contributed by atoms with Gasteiger partial charge in [-0.15, -0.1) is 0 Å². The average Bonchev–Trinajstić information content (AvgIpc) is 2.91. The molecule has 0 radical (unpaired) electrons. The van der Waals surface area contributed by atoms with E-state index in [-0.39, 0.29) is 0 Å². The Labute approximate surface area is 342 Å². The Balaban J connectivity index is 2.08. The van der Waals surface area contributed by atoms with E-state index in [2.05, 4.69) is 223 Å². The van der Waals surface area contributed by atoms with Gasteiger partial charge >= 0.3 is 0 Å². The lowest BCUT2D eigenvalue weighted by Gasteiger charge is -2.22. The number of ether oxygens (including phenoxy) is 1. The Bertz CT molecular complexity index is 1500. The van der Waals surface area contributed by atoms with E-state index < -0.39 is 0 Å². The predicted molar refractivity (Wildman–Crippen MR) is 212 cm³/mol. The SMILES string of the molecule is Brc1ccc(-c2c(Br)c(Br)c(Br)c(Br)c2Br)c(Oc2c(-c3c(Br)c(Br)c(Br)c(Br)c3Br)ccc(Br)c2Br)c1Br. The van der Waals surface area contributed by atoms with Gasteiger partial charge in [-0.1, -0.05) is 0 Å². The van der Waals surface area contributed by atoms with Crippen molar-refractivity contribution < 1.29 is 4.74 Å². The minimum Gasteiger partial charge on any atom is -0.454 e. The Kier molecular flexibility index (Phi) is 13.1. The van der Waals surface area contributed by atoms with Crippen LogP contribution in [0.5, 0.6) is 11.5 Å². The minimum atomic E-state index is 0.606. The van der Waals surface area contributed by atoms with Crippen LogP contribution in [-0.2, 0) is 0 Å². The molecule has 15 heteroatoms. The third kappa shape index (κ3) is 6.77. The van der Waals surface area contributed by atoms with Crippen LogP contribution in [0.1, 0.15) is 0 Å². The molecule has 0 aliphatic rings. The van der Waals surface area contributed by atoms with Crippen molar-refractivity contribution in [3.05, 3.63) is 86.9 Å². The van der Waals surface area contributed by atoms with Crippen LogP contribution < -0.4 is 4.74 Å². The van der Waals surface area contributed by atoms with E-state index in [0.29, 0.717) is 11.5 Å². The largest absolute Gasteiger partial charge is 0.454 e. The Morgan fingerprint density at radius 1 is 0.308 bits per heavy atom. The molecule has 0 amide bonds. The van der Waals surface area contributed by atoms with Gasteiger partial charge in [-0.2, -0.15) is 0 Å². The molecular weight excluding hydrogens is 1420 g/mol. The number of benzene rings is 4. The second-order valence-electron chi connectivity index (χ2n) is 7.47. The molecule has 0 aliphatic heterocycles. The first-order chi connectivity index (χ1) is 18.2. The second-order valence-corrected chi connectivity index (χ2v) is 18.7. The van der Waals surface area contributed by atoms with Crippen LogP contribution in [0.15, 0.2) is 86.9 Å². The molecule has 4 aromatic carbocycles. The van der Waals surface area contributed by atoms with Gasteiger partial charge < -0.3 is 4.74 Å². The van der Waals surface area contributed by atoms with E-state index in [9.17, 15) is 0 Å². The fourth-order valence-corrected chi connectivity index (χ4v) is 11.9. The summed E-state index contributed by atoms with van der Waals surface area (Å²) in [5.74, 6) is 1.21. The molecule has 0 saturated heterocycles. The Hall–Kier alpha value is 3.40. The maximum Gasteiger partial charge on any atom is 0.150 e. The van der Waals surface area contributed by atoms with E-state index in [0.717, 1.165) is 84.9 Å². The van der Waals surface area contributed by atoms with Crippen LogP contribution >= 0.6 is 223 Å². The molecule has 0 bridgehead atoms. The molecule has 1 nitrogen and oxygen atoms in total. The highest BCUT2D eigenvalue weighted by atomic mass is 79.9. The zero-order chi connectivity index (χ0) is 29.1. The second kappa shape index (κ2) is 14.4. The van der Waals surface area contributed by atoms with Crippen LogP contribution in [0.2, 0.25) is 0 Å². The standard InChI is InChI=1S/C24H4Br14O/c25-7-3-1-5(9-13(29)17(33)21(37)18(34)14(9)30)23(11(7)27)39-24-6(2-4-8(26)12(24)28)10-15(31)19(35)22(38)20(36)16(10)32/h1-4H. The van der Waals surface area contributed by atoms with Crippen molar-refractivity contribution in [2.75, 3.05) is 0 Å². The quantitative estimate of drug-likeness (QED) is 0.146. The molecule has 0 heterocycles. The molecule has 0 atom stereocenters. The lowest BCUT2D eigenvalue weighted by atomic mass is 10.0. The van der Waals surface area contributed by atoms with E-state index in [1.807, 2.05) is 24.3 Å². The zero-order valence-corrected chi connectivity index (χ0v) is 40.2. The van der Waals surface area contributed by atoms with Crippen molar-refractivity contribution >= 4 is 223 Å². The van der Waals surface area contributed by atoms with Gasteiger partial charge in [-0.05, 0) is 247 Å². The summed E-state index contributed by atoms with van der Waals surface area (Å²) >= 11 is 52.0. The Morgan fingerprint density at radius 3 is 0.846 bits per heavy atom. The summed E-state index contributed by atoms with van der Waals surface area (Å²) in [6, 6.07) is 7.96. The summed E-state index contributed by atoms with van der Waals surface area (Å²) < 4.78 is 18.7. The van der Waals surface area contributed by atoms with Crippen molar-refractivity contribution in [3.8, 4) is 33.8 Å². The monoisotopic (exact) mass is 1410 g/mol. The molecule has 39 heavy (non-hydrogen) atoms. The molecule has 0 saturated carbocycles.